The SMILES string of the molecule is CC(C)(C)C(C)(C)C(C)(C)C.CC(C)C1CCCC1.CC1(C)CCCCC1.CC1C2CCC1CC2.CC1CCC(C)CC1.CC1CCCC[C@H]1C.CC1CCC[C@@H](C)C1.CCC1CCCCC1.CCCC1CCCC1.C[C@H]1CC2CCC1C2. The average Bonchev–Trinajstić information content (AvgIpc) is 4.36. The van der Waals surface area contributed by atoms with E-state index in [1.807, 2.05) is 0 Å². The Morgan fingerprint density at radius 1 is 0.361 bits per heavy atom. The van der Waals surface area contributed by atoms with Crippen LogP contribution in [0.25, 0.3) is 0 Å². The minimum atomic E-state index is 0.375. The van der Waals surface area contributed by atoms with Gasteiger partial charge in [-0.3, -0.25) is 0 Å². The van der Waals surface area contributed by atoms with Crippen molar-refractivity contribution in [2.24, 2.45) is 116 Å². The molecule has 0 spiro atoms. The van der Waals surface area contributed by atoms with Crippen molar-refractivity contribution < 1.29 is 0 Å². The van der Waals surface area contributed by atoms with E-state index in [0.717, 1.165) is 94.7 Å². The van der Waals surface area contributed by atoms with Crippen LogP contribution in [0.4, 0.5) is 0 Å². The summed E-state index contributed by atoms with van der Waals surface area (Å²) in [7, 11) is 0. The smallest absolute Gasteiger partial charge is 0.0257 e. The number of hydrogen-bond donors (Lipinski definition) is 0. The van der Waals surface area contributed by atoms with Crippen LogP contribution in [0.1, 0.15) is 416 Å². The molecule has 0 N–H and O–H groups in total. The Bertz CT molecular complexity index is 1410. The molecule has 0 heterocycles. The van der Waals surface area contributed by atoms with E-state index in [9.17, 15) is 0 Å². The molecule has 0 heteroatoms. The van der Waals surface area contributed by atoms with E-state index in [0.29, 0.717) is 21.7 Å². The fourth-order valence-corrected chi connectivity index (χ4v) is 17.4. The van der Waals surface area contributed by atoms with Crippen LogP contribution in [0.5, 0.6) is 0 Å². The molecule has 83 heavy (non-hydrogen) atoms. The molecule has 0 radical (unpaired) electrons. The van der Waals surface area contributed by atoms with Crippen molar-refractivity contribution in [2.45, 2.75) is 416 Å². The van der Waals surface area contributed by atoms with Crippen LogP contribution < -0.4 is 0 Å². The van der Waals surface area contributed by atoms with Crippen LogP contribution in [0.15, 0.2) is 0 Å². The summed E-state index contributed by atoms with van der Waals surface area (Å²) in [5.74, 6) is 17.0. The minimum absolute atomic E-state index is 0.375. The molecule has 0 aromatic rings. The summed E-state index contributed by atoms with van der Waals surface area (Å²) in [6.07, 6.45) is 61.2. The maximum absolute atomic E-state index is 2.44. The number of hydrogen-bond acceptors (Lipinski definition) is 0. The Morgan fingerprint density at radius 3 is 1.00 bits per heavy atom. The third-order valence-corrected chi connectivity index (χ3v) is 26.2. The topological polar surface area (TPSA) is 0 Å². The zero-order chi connectivity index (χ0) is 62.2. The molecule has 496 valence electrons. The minimum Gasteiger partial charge on any atom is -0.0654 e. The normalized spacial score (nSPS) is 33.0. The second kappa shape index (κ2) is 42.1. The van der Waals surface area contributed by atoms with Gasteiger partial charge in [-0.2, -0.15) is 0 Å². The molecule has 11 fully saturated rings. The van der Waals surface area contributed by atoms with Gasteiger partial charge in [-0.15, -0.1) is 0 Å². The number of fused-ring (bicyclic) bond motifs is 4. The van der Waals surface area contributed by atoms with Gasteiger partial charge >= 0.3 is 0 Å². The van der Waals surface area contributed by atoms with Crippen molar-refractivity contribution in [3.63, 3.8) is 0 Å². The fourth-order valence-electron chi connectivity index (χ4n) is 17.4. The first kappa shape index (κ1) is 79.1. The van der Waals surface area contributed by atoms with Gasteiger partial charge in [0.25, 0.3) is 0 Å². The Kier molecular flexibility index (Phi) is 40.2. The van der Waals surface area contributed by atoms with E-state index in [2.05, 4.69) is 152 Å². The van der Waals surface area contributed by atoms with Gasteiger partial charge in [0.1, 0.15) is 0 Å². The van der Waals surface area contributed by atoms with Crippen molar-refractivity contribution >= 4 is 0 Å². The van der Waals surface area contributed by atoms with Gasteiger partial charge in [0.2, 0.25) is 0 Å². The molecule has 0 aromatic heterocycles. The summed E-state index contributed by atoms with van der Waals surface area (Å²) in [6.45, 7) is 51.8. The predicted molar refractivity (Wildman–Crippen MR) is 380 cm³/mol. The summed E-state index contributed by atoms with van der Waals surface area (Å²) in [5.41, 5.74) is 1.81. The standard InChI is InChI=1S/C11H24.2C8H14.7C8H16/c1-9(2,3)11(7,8)10(4,5)6;1-6-4-7-2-3-8(6)5-7;1-6-7-2-3-8(6)5-4-7;1-7-3-5-8(2)6-4-7;1-7-4-3-5-8(2)6-7;1-8(2)6-4-3-5-7-8;1-7-5-3-4-6-8(7)2;1-7(2)8-5-3-4-6-8;1-2-8-6-4-3-5-7-8;1-2-5-8-6-3-4-7-8/h1-8H3;2*6-8H,2-5H2,1H3;2*7-8H,3-6H2,1-2H3;3-7H2,1-2H3;2*7-8H,3-6H2,1-2H3;2*8H,2-7H2,1H3/t;6-,7?,8?;;;7-,8?;;7-,8?;;;/m.0..1.1.../s1. The molecular weight excluding hydrogens is 997 g/mol. The molecule has 11 aliphatic carbocycles. The first-order valence-electron chi connectivity index (χ1n) is 39.0. The molecule has 11 aliphatic rings. The second-order valence-corrected chi connectivity index (χ2v) is 36.2. The van der Waals surface area contributed by atoms with Gasteiger partial charge in [0, 0.05) is 0 Å². The van der Waals surface area contributed by atoms with Crippen LogP contribution in [-0.2, 0) is 0 Å². The highest BCUT2D eigenvalue weighted by Crippen LogP contribution is 2.51. The largest absolute Gasteiger partial charge is 0.0654 e. The monoisotopic (exact) mass is 1160 g/mol. The summed E-state index contributed by atoms with van der Waals surface area (Å²) in [5, 5.41) is 0. The van der Waals surface area contributed by atoms with E-state index in [1.54, 1.807) is 51.4 Å². The van der Waals surface area contributed by atoms with Crippen molar-refractivity contribution in [3.05, 3.63) is 0 Å². The highest BCUT2D eigenvalue weighted by atomic mass is 14.5. The van der Waals surface area contributed by atoms with Crippen LogP contribution >= 0.6 is 0 Å². The van der Waals surface area contributed by atoms with Crippen LogP contribution in [0.2, 0.25) is 0 Å². The van der Waals surface area contributed by atoms with Gasteiger partial charge in [-0.1, -0.05) is 351 Å². The Hall–Kier alpha value is 0. The third kappa shape index (κ3) is 33.6. The number of rotatable bonds is 4. The van der Waals surface area contributed by atoms with Gasteiger partial charge in [0.15, 0.2) is 0 Å². The van der Waals surface area contributed by atoms with Crippen molar-refractivity contribution in [2.75, 3.05) is 0 Å². The molecular formula is C83H164. The Labute approximate surface area is 529 Å². The van der Waals surface area contributed by atoms with Gasteiger partial charge in [-0.05, 0) is 181 Å². The van der Waals surface area contributed by atoms with Crippen LogP contribution in [0.3, 0.4) is 0 Å². The lowest BCUT2D eigenvalue weighted by Gasteiger charge is -2.49. The van der Waals surface area contributed by atoms with Crippen molar-refractivity contribution in [3.8, 4) is 0 Å². The van der Waals surface area contributed by atoms with Gasteiger partial charge < -0.3 is 0 Å². The van der Waals surface area contributed by atoms with E-state index in [4.69, 9.17) is 0 Å². The molecule has 0 saturated heterocycles. The molecule has 11 rings (SSSR count). The average molecular weight is 1160 g/mol. The fraction of sp³-hybridized carbons (Fsp3) is 1.00. The summed E-state index contributed by atoms with van der Waals surface area (Å²) < 4.78 is 0. The molecule has 0 aromatic carbocycles. The van der Waals surface area contributed by atoms with Crippen LogP contribution in [-0.4, -0.2) is 0 Å². The van der Waals surface area contributed by atoms with E-state index >= 15 is 0 Å². The maximum atomic E-state index is 2.44. The Morgan fingerprint density at radius 2 is 0.759 bits per heavy atom. The first-order chi connectivity index (χ1) is 39.0. The summed E-state index contributed by atoms with van der Waals surface area (Å²) >= 11 is 0. The molecule has 4 bridgehead atoms. The quantitative estimate of drug-likeness (QED) is 0.263. The molecule has 0 aliphatic heterocycles. The summed E-state index contributed by atoms with van der Waals surface area (Å²) in [6, 6.07) is 0. The highest BCUT2D eigenvalue weighted by Gasteiger charge is 2.42. The maximum Gasteiger partial charge on any atom is -0.0257 e. The van der Waals surface area contributed by atoms with E-state index in [-0.39, 0.29) is 0 Å². The lowest BCUT2D eigenvalue weighted by atomic mass is 9.56. The lowest BCUT2D eigenvalue weighted by molar-refractivity contribution is 0.00575. The van der Waals surface area contributed by atoms with Crippen LogP contribution in [0, 0.1) is 116 Å². The molecule has 0 amide bonds. The van der Waals surface area contributed by atoms with Crippen molar-refractivity contribution in [1.82, 2.24) is 0 Å². The van der Waals surface area contributed by atoms with E-state index < -0.39 is 0 Å². The molecule has 7 atom stereocenters. The van der Waals surface area contributed by atoms with E-state index in [1.165, 1.54) is 212 Å². The van der Waals surface area contributed by atoms with Gasteiger partial charge in [-0.25, -0.2) is 0 Å². The summed E-state index contributed by atoms with van der Waals surface area (Å²) in [4.78, 5) is 0. The van der Waals surface area contributed by atoms with Crippen molar-refractivity contribution in [1.29, 1.82) is 0 Å². The first-order valence-corrected chi connectivity index (χ1v) is 39.0. The predicted octanol–water partition coefficient (Wildman–Crippen LogP) is 29.3. The third-order valence-electron chi connectivity index (χ3n) is 26.2. The second-order valence-electron chi connectivity index (χ2n) is 36.2. The molecule has 4 unspecified atom stereocenters. The van der Waals surface area contributed by atoms with Gasteiger partial charge in [0.05, 0.1) is 0 Å². The highest BCUT2D eigenvalue weighted by molar-refractivity contribution is 4.92. The zero-order valence-electron chi connectivity index (χ0n) is 62.2. The molecule has 11 saturated carbocycles. The zero-order valence-corrected chi connectivity index (χ0v) is 62.2. The Balaban J connectivity index is 0.000000315. The lowest BCUT2D eigenvalue weighted by Crippen LogP contribution is -2.41. The molecule has 0 nitrogen and oxygen atoms in total.